The van der Waals surface area contributed by atoms with Crippen LogP contribution in [0.5, 0.6) is 11.5 Å². The van der Waals surface area contributed by atoms with E-state index in [9.17, 15) is 8.42 Å². The van der Waals surface area contributed by atoms with Crippen molar-refractivity contribution in [3.8, 4) is 11.5 Å². The second-order valence-electron chi connectivity index (χ2n) is 6.53. The summed E-state index contributed by atoms with van der Waals surface area (Å²) >= 11 is 12.7. The highest BCUT2D eigenvalue weighted by Crippen LogP contribution is 2.39. The van der Waals surface area contributed by atoms with Crippen molar-refractivity contribution >= 4 is 49.8 Å². The topological polar surface area (TPSA) is 74.3 Å². The largest absolute Gasteiger partial charge is 0.454 e. The van der Waals surface area contributed by atoms with Crippen LogP contribution < -0.4 is 10.5 Å². The Bertz CT molecular complexity index is 1330. The Hall–Kier alpha value is -2.67. The van der Waals surface area contributed by atoms with Gasteiger partial charge < -0.3 is 10.5 Å². The van der Waals surface area contributed by atoms with Crippen LogP contribution in [0.3, 0.4) is 0 Å². The maximum absolute atomic E-state index is 13.0. The van der Waals surface area contributed by atoms with Crippen LogP contribution in [0.2, 0.25) is 10.0 Å². The van der Waals surface area contributed by atoms with Gasteiger partial charge in [0.05, 0.1) is 20.5 Å². The van der Waals surface area contributed by atoms with Crippen LogP contribution in [0.1, 0.15) is 5.56 Å². The average molecular weight is 447 g/mol. The van der Waals surface area contributed by atoms with Gasteiger partial charge in [0, 0.05) is 17.3 Å². The van der Waals surface area contributed by atoms with Crippen molar-refractivity contribution in [2.75, 3.05) is 5.73 Å². The van der Waals surface area contributed by atoms with Crippen LogP contribution >= 0.6 is 23.2 Å². The molecule has 2 N–H and O–H groups in total. The summed E-state index contributed by atoms with van der Waals surface area (Å²) in [4.78, 5) is 0.200. The Kier molecular flexibility index (Phi) is 4.94. The normalized spacial score (nSPS) is 11.7. The van der Waals surface area contributed by atoms with E-state index < -0.39 is 10.0 Å². The molecule has 5 nitrogen and oxygen atoms in total. The third-order valence-corrected chi connectivity index (χ3v) is 6.88. The van der Waals surface area contributed by atoms with Crippen molar-refractivity contribution in [3.63, 3.8) is 0 Å². The highest BCUT2D eigenvalue weighted by molar-refractivity contribution is 7.90. The molecule has 1 aromatic heterocycles. The van der Waals surface area contributed by atoms with Gasteiger partial charge in [-0.25, -0.2) is 12.4 Å². The van der Waals surface area contributed by atoms with Crippen molar-refractivity contribution in [1.82, 2.24) is 3.97 Å². The molecule has 0 spiro atoms. The van der Waals surface area contributed by atoms with E-state index in [0.29, 0.717) is 33.1 Å². The molecule has 8 heteroatoms. The molecule has 0 fully saturated rings. The molecular formula is C21H16Cl2N2O3S. The van der Waals surface area contributed by atoms with Gasteiger partial charge in [0.1, 0.15) is 11.5 Å². The number of hydrogen-bond acceptors (Lipinski definition) is 4. The summed E-state index contributed by atoms with van der Waals surface area (Å²) in [5, 5.41) is 1.18. The third kappa shape index (κ3) is 3.55. The van der Waals surface area contributed by atoms with Crippen molar-refractivity contribution < 1.29 is 13.2 Å². The van der Waals surface area contributed by atoms with Crippen molar-refractivity contribution in [2.24, 2.45) is 0 Å². The summed E-state index contributed by atoms with van der Waals surface area (Å²) in [5.74, 6) is 0.755. The molecule has 0 saturated heterocycles. The zero-order valence-corrected chi connectivity index (χ0v) is 17.6. The molecule has 3 aromatic carbocycles. The van der Waals surface area contributed by atoms with Gasteiger partial charge in [-0.1, -0.05) is 40.9 Å². The Balaban J connectivity index is 1.77. The predicted molar refractivity (Wildman–Crippen MR) is 117 cm³/mol. The summed E-state index contributed by atoms with van der Waals surface area (Å²) in [5.41, 5.74) is 7.64. The molecule has 0 aliphatic rings. The van der Waals surface area contributed by atoms with E-state index in [1.54, 1.807) is 60.7 Å². The zero-order chi connectivity index (χ0) is 20.8. The Labute approximate surface area is 178 Å². The second-order valence-corrected chi connectivity index (χ2v) is 9.13. The molecule has 0 amide bonds. The first-order valence-electron chi connectivity index (χ1n) is 8.62. The fraction of sp³-hybridized carbons (Fsp3) is 0.0476. The van der Waals surface area contributed by atoms with Gasteiger partial charge in [0.15, 0.2) is 0 Å². The lowest BCUT2D eigenvalue weighted by Crippen LogP contribution is -2.11. The average Bonchev–Trinajstić information content (AvgIpc) is 3.12. The standard InChI is InChI=1S/C21H16Cl2N2O3S/c1-13-2-5-15(6-3-13)29(26,27)25-11-10-16-18(25)7-9-20(21(16)23)28-19-8-4-14(24)12-17(19)22/h2-12H,24H2,1H3. The molecule has 29 heavy (non-hydrogen) atoms. The minimum Gasteiger partial charge on any atom is -0.454 e. The molecule has 0 aliphatic heterocycles. The smallest absolute Gasteiger partial charge is 0.268 e. The molecule has 1 heterocycles. The number of nitrogens with two attached hydrogens (primary N) is 1. The van der Waals surface area contributed by atoms with Crippen molar-refractivity contribution in [1.29, 1.82) is 0 Å². The van der Waals surface area contributed by atoms with E-state index >= 15 is 0 Å². The van der Waals surface area contributed by atoms with Crippen LogP contribution in [-0.2, 0) is 10.0 Å². The van der Waals surface area contributed by atoms with Gasteiger partial charge in [-0.05, 0) is 55.5 Å². The molecule has 0 atom stereocenters. The molecular weight excluding hydrogens is 431 g/mol. The number of benzene rings is 3. The molecule has 0 unspecified atom stereocenters. The first-order valence-corrected chi connectivity index (χ1v) is 10.8. The van der Waals surface area contributed by atoms with E-state index in [-0.39, 0.29) is 9.92 Å². The summed E-state index contributed by atoms with van der Waals surface area (Å²) in [6, 6.07) is 16.5. The number of nitrogens with zero attached hydrogens (tertiary/aromatic N) is 1. The maximum Gasteiger partial charge on any atom is 0.268 e. The molecule has 0 aliphatic carbocycles. The van der Waals surface area contributed by atoms with E-state index in [0.717, 1.165) is 5.56 Å². The molecule has 0 bridgehead atoms. The minimum absolute atomic E-state index is 0.200. The SMILES string of the molecule is Cc1ccc(S(=O)(=O)n2ccc3c(Cl)c(Oc4ccc(N)cc4Cl)ccc32)cc1. The number of nitrogen functional groups attached to an aromatic ring is 1. The quantitative estimate of drug-likeness (QED) is 0.397. The van der Waals surface area contributed by atoms with Gasteiger partial charge in [-0.2, -0.15) is 0 Å². The first kappa shape index (κ1) is 19.6. The van der Waals surface area contributed by atoms with Gasteiger partial charge in [0.2, 0.25) is 0 Å². The Morgan fingerprint density at radius 1 is 0.931 bits per heavy atom. The van der Waals surface area contributed by atoms with Gasteiger partial charge in [-0.15, -0.1) is 0 Å². The molecule has 4 rings (SSSR count). The van der Waals surface area contributed by atoms with Crippen molar-refractivity contribution in [3.05, 3.63) is 82.5 Å². The number of fused-ring (bicyclic) bond motifs is 1. The van der Waals surface area contributed by atoms with E-state index in [4.69, 9.17) is 33.7 Å². The van der Waals surface area contributed by atoms with Crippen LogP contribution in [0.4, 0.5) is 5.69 Å². The number of rotatable bonds is 4. The third-order valence-electron chi connectivity index (χ3n) is 4.49. The van der Waals surface area contributed by atoms with Gasteiger partial charge in [0.25, 0.3) is 10.0 Å². The second kappa shape index (κ2) is 7.30. The van der Waals surface area contributed by atoms with Gasteiger partial charge >= 0.3 is 0 Å². The lowest BCUT2D eigenvalue weighted by Gasteiger charge is -2.12. The number of aryl methyl sites for hydroxylation is 1. The summed E-state index contributed by atoms with van der Waals surface area (Å²) in [6.45, 7) is 1.90. The fourth-order valence-electron chi connectivity index (χ4n) is 2.97. The molecule has 4 aromatic rings. The number of halogens is 2. The minimum atomic E-state index is -3.76. The Morgan fingerprint density at radius 2 is 1.62 bits per heavy atom. The van der Waals surface area contributed by atoms with Crippen LogP contribution in [0, 0.1) is 6.92 Å². The van der Waals surface area contributed by atoms with Crippen LogP contribution in [-0.4, -0.2) is 12.4 Å². The summed E-state index contributed by atoms with van der Waals surface area (Å²) in [7, 11) is -3.76. The van der Waals surface area contributed by atoms with Crippen LogP contribution in [0.25, 0.3) is 10.9 Å². The van der Waals surface area contributed by atoms with E-state index in [2.05, 4.69) is 0 Å². The lowest BCUT2D eigenvalue weighted by atomic mass is 10.2. The van der Waals surface area contributed by atoms with E-state index in [1.165, 1.54) is 10.2 Å². The molecule has 0 radical (unpaired) electrons. The number of aromatic nitrogens is 1. The maximum atomic E-state index is 13.0. The fourth-order valence-corrected chi connectivity index (χ4v) is 4.80. The van der Waals surface area contributed by atoms with Gasteiger partial charge in [-0.3, -0.25) is 0 Å². The van der Waals surface area contributed by atoms with Crippen molar-refractivity contribution in [2.45, 2.75) is 11.8 Å². The monoisotopic (exact) mass is 446 g/mol. The van der Waals surface area contributed by atoms with Crippen LogP contribution in [0.15, 0.2) is 71.8 Å². The summed E-state index contributed by atoms with van der Waals surface area (Å²) in [6.07, 6.45) is 1.48. The molecule has 0 saturated carbocycles. The number of anilines is 1. The van der Waals surface area contributed by atoms with E-state index in [1.807, 2.05) is 6.92 Å². The molecule has 148 valence electrons. The number of hydrogen-bond donors (Lipinski definition) is 1. The highest BCUT2D eigenvalue weighted by Gasteiger charge is 2.21. The highest BCUT2D eigenvalue weighted by atomic mass is 35.5. The zero-order valence-electron chi connectivity index (χ0n) is 15.3. The Morgan fingerprint density at radius 3 is 2.31 bits per heavy atom. The number of ether oxygens (including phenoxy) is 1. The predicted octanol–water partition coefficient (Wildman–Crippen LogP) is 5.87. The summed E-state index contributed by atoms with van der Waals surface area (Å²) < 4.78 is 33.1. The first-order chi connectivity index (χ1) is 13.8. The lowest BCUT2D eigenvalue weighted by molar-refractivity contribution is 0.484.